The Bertz CT molecular complexity index is 805. The molecule has 1 aliphatic rings. The quantitative estimate of drug-likeness (QED) is 0.679. The first kappa shape index (κ1) is 20.5. The Hall–Kier alpha value is -2.27. The zero-order chi connectivity index (χ0) is 19.9. The van der Waals surface area contributed by atoms with Gasteiger partial charge in [-0.25, -0.2) is 0 Å². The van der Waals surface area contributed by atoms with Crippen LogP contribution in [0.25, 0.3) is 0 Å². The Kier molecular flexibility index (Phi) is 7.15. The van der Waals surface area contributed by atoms with Crippen LogP contribution in [-0.2, 0) is 16.1 Å². The van der Waals surface area contributed by atoms with Gasteiger partial charge >= 0.3 is 0 Å². The molecule has 1 fully saturated rings. The molecule has 0 aliphatic heterocycles. The molecule has 0 saturated heterocycles. The predicted molar refractivity (Wildman–Crippen MR) is 116 cm³/mol. The highest BCUT2D eigenvalue weighted by Gasteiger charge is 2.34. The molecule has 1 aliphatic carbocycles. The van der Waals surface area contributed by atoms with Crippen LogP contribution in [0, 0.1) is 12.8 Å². The number of carbonyl (C=O) groups excluding carboxylic acids is 2. The number of nitrogens with zero attached hydrogens (tertiary/aromatic N) is 1. The van der Waals surface area contributed by atoms with Crippen molar-refractivity contribution in [3.05, 3.63) is 65.7 Å². The van der Waals surface area contributed by atoms with Crippen LogP contribution in [-0.4, -0.2) is 34.3 Å². The summed E-state index contributed by atoms with van der Waals surface area (Å²) in [6, 6.07) is 18.1. The number of hydrogen-bond acceptors (Lipinski definition) is 3. The van der Waals surface area contributed by atoms with E-state index in [4.69, 9.17) is 0 Å². The van der Waals surface area contributed by atoms with Crippen molar-refractivity contribution < 1.29 is 9.59 Å². The summed E-state index contributed by atoms with van der Waals surface area (Å²) >= 11 is 1.38. The molecule has 0 spiro atoms. The Morgan fingerprint density at radius 3 is 2.54 bits per heavy atom. The summed E-state index contributed by atoms with van der Waals surface area (Å²) in [6.07, 6.45) is 2.40. The van der Waals surface area contributed by atoms with Gasteiger partial charge in [-0.05, 0) is 55.9 Å². The summed E-state index contributed by atoms with van der Waals surface area (Å²) in [4.78, 5) is 27.0. The molecular weight excluding hydrogens is 368 g/mol. The molecule has 3 rings (SSSR count). The topological polar surface area (TPSA) is 49.4 Å². The van der Waals surface area contributed by atoms with Gasteiger partial charge in [-0.3, -0.25) is 9.59 Å². The molecule has 1 atom stereocenters. The van der Waals surface area contributed by atoms with Crippen molar-refractivity contribution >= 4 is 29.3 Å². The summed E-state index contributed by atoms with van der Waals surface area (Å²) in [5, 5.41) is 2.89. The smallest absolute Gasteiger partial charge is 0.234 e. The molecule has 2 amide bonds. The maximum atomic E-state index is 12.9. The Morgan fingerprint density at radius 1 is 1.11 bits per heavy atom. The van der Waals surface area contributed by atoms with Crippen molar-refractivity contribution in [2.45, 2.75) is 39.3 Å². The van der Waals surface area contributed by atoms with Gasteiger partial charge in [-0.15, -0.1) is 11.8 Å². The van der Waals surface area contributed by atoms with E-state index in [9.17, 15) is 9.59 Å². The normalized spacial score (nSPS) is 14.4. The fraction of sp³-hybridized carbons (Fsp3) is 0.391. The third-order valence-corrected chi connectivity index (χ3v) is 5.99. The van der Waals surface area contributed by atoms with E-state index in [2.05, 4.69) is 24.4 Å². The lowest BCUT2D eigenvalue weighted by molar-refractivity contribution is -0.131. The van der Waals surface area contributed by atoms with E-state index < -0.39 is 0 Å². The number of benzene rings is 2. The maximum Gasteiger partial charge on any atom is 0.234 e. The highest BCUT2D eigenvalue weighted by molar-refractivity contribution is 8.00. The number of amides is 2. The van der Waals surface area contributed by atoms with Gasteiger partial charge < -0.3 is 10.2 Å². The number of rotatable bonds is 9. The van der Waals surface area contributed by atoms with Crippen molar-refractivity contribution in [2.24, 2.45) is 5.92 Å². The van der Waals surface area contributed by atoms with Crippen LogP contribution in [0.3, 0.4) is 0 Å². The number of aryl methyl sites for hydroxylation is 1. The second-order valence-electron chi connectivity index (χ2n) is 7.50. The summed E-state index contributed by atoms with van der Waals surface area (Å²) in [5.74, 6) is 1.24. The zero-order valence-corrected chi connectivity index (χ0v) is 17.4. The van der Waals surface area contributed by atoms with Crippen LogP contribution in [0.5, 0.6) is 0 Å². The lowest BCUT2D eigenvalue weighted by Crippen LogP contribution is -2.40. The molecule has 148 valence electrons. The number of thioether (sulfide) groups is 1. The van der Waals surface area contributed by atoms with Crippen molar-refractivity contribution in [3.8, 4) is 0 Å². The summed E-state index contributed by atoms with van der Waals surface area (Å²) in [6.45, 7) is 4.77. The molecule has 2 aromatic rings. The van der Waals surface area contributed by atoms with Crippen LogP contribution >= 0.6 is 11.8 Å². The Labute approximate surface area is 171 Å². The SMILES string of the molecule is Cc1cccc(NC(=O)CSCC(=O)N(Cc2ccccc2)C(C)C2CC2)c1. The first-order valence-corrected chi connectivity index (χ1v) is 11.0. The largest absolute Gasteiger partial charge is 0.335 e. The van der Waals surface area contributed by atoms with Crippen LogP contribution in [0.15, 0.2) is 54.6 Å². The van der Waals surface area contributed by atoms with E-state index in [1.807, 2.05) is 54.3 Å². The average molecular weight is 397 g/mol. The van der Waals surface area contributed by atoms with Gasteiger partial charge in [0.1, 0.15) is 0 Å². The first-order valence-electron chi connectivity index (χ1n) is 9.80. The minimum Gasteiger partial charge on any atom is -0.335 e. The summed E-state index contributed by atoms with van der Waals surface area (Å²) < 4.78 is 0. The van der Waals surface area contributed by atoms with Crippen molar-refractivity contribution in [2.75, 3.05) is 16.8 Å². The third-order valence-electron chi connectivity index (χ3n) is 5.07. The maximum absolute atomic E-state index is 12.9. The van der Waals surface area contributed by atoms with Gasteiger partial charge in [0, 0.05) is 18.3 Å². The monoisotopic (exact) mass is 396 g/mol. The molecule has 1 saturated carbocycles. The van der Waals surface area contributed by atoms with Gasteiger partial charge in [-0.2, -0.15) is 0 Å². The molecule has 4 nitrogen and oxygen atoms in total. The highest BCUT2D eigenvalue weighted by atomic mass is 32.2. The van der Waals surface area contributed by atoms with E-state index in [1.54, 1.807) is 0 Å². The van der Waals surface area contributed by atoms with Crippen LogP contribution in [0.2, 0.25) is 0 Å². The molecule has 5 heteroatoms. The van der Waals surface area contributed by atoms with Crippen molar-refractivity contribution in [1.29, 1.82) is 0 Å². The van der Waals surface area contributed by atoms with Crippen LogP contribution in [0.4, 0.5) is 5.69 Å². The second-order valence-corrected chi connectivity index (χ2v) is 8.48. The van der Waals surface area contributed by atoms with Gasteiger partial charge in [0.15, 0.2) is 0 Å². The molecule has 0 aromatic heterocycles. The zero-order valence-electron chi connectivity index (χ0n) is 16.6. The number of anilines is 1. The predicted octanol–water partition coefficient (Wildman–Crippen LogP) is 4.49. The molecular formula is C23H28N2O2S. The molecule has 0 radical (unpaired) electrons. The van der Waals surface area contributed by atoms with E-state index in [1.165, 1.54) is 24.6 Å². The third kappa shape index (κ3) is 6.13. The molecule has 28 heavy (non-hydrogen) atoms. The minimum absolute atomic E-state index is 0.0757. The summed E-state index contributed by atoms with van der Waals surface area (Å²) in [5.41, 5.74) is 3.04. The fourth-order valence-electron chi connectivity index (χ4n) is 3.31. The fourth-order valence-corrected chi connectivity index (χ4v) is 4.01. The molecule has 2 aromatic carbocycles. The second kappa shape index (κ2) is 9.78. The van der Waals surface area contributed by atoms with Gasteiger partial charge in [0.05, 0.1) is 11.5 Å². The average Bonchev–Trinajstić information content (AvgIpc) is 3.51. The van der Waals surface area contributed by atoms with E-state index in [-0.39, 0.29) is 23.6 Å². The molecule has 0 heterocycles. The highest BCUT2D eigenvalue weighted by Crippen LogP contribution is 2.36. The lowest BCUT2D eigenvalue weighted by Gasteiger charge is -2.29. The van der Waals surface area contributed by atoms with Crippen molar-refractivity contribution in [3.63, 3.8) is 0 Å². The van der Waals surface area contributed by atoms with Crippen LogP contribution in [0.1, 0.15) is 30.9 Å². The van der Waals surface area contributed by atoms with Crippen molar-refractivity contribution in [1.82, 2.24) is 4.90 Å². The standard InChI is InChI=1S/C23H28N2O2S/c1-17-7-6-10-21(13-17)24-22(26)15-28-16-23(27)25(18(2)20-11-12-20)14-19-8-4-3-5-9-19/h3-10,13,18,20H,11-12,14-16H2,1-2H3,(H,24,26). The van der Waals surface area contributed by atoms with E-state index in [0.717, 1.165) is 16.8 Å². The Morgan fingerprint density at radius 2 is 1.86 bits per heavy atom. The molecule has 1 N–H and O–H groups in total. The van der Waals surface area contributed by atoms with Gasteiger partial charge in [-0.1, -0.05) is 42.5 Å². The summed E-state index contributed by atoms with van der Waals surface area (Å²) in [7, 11) is 0. The number of hydrogen-bond donors (Lipinski definition) is 1. The Balaban J connectivity index is 1.50. The molecule has 0 bridgehead atoms. The lowest BCUT2D eigenvalue weighted by atomic mass is 10.1. The van der Waals surface area contributed by atoms with Gasteiger partial charge in [0.25, 0.3) is 0 Å². The van der Waals surface area contributed by atoms with E-state index in [0.29, 0.717) is 18.2 Å². The first-order chi connectivity index (χ1) is 13.5. The van der Waals surface area contributed by atoms with Crippen LogP contribution < -0.4 is 5.32 Å². The van der Waals surface area contributed by atoms with Gasteiger partial charge in [0.2, 0.25) is 11.8 Å². The minimum atomic E-state index is -0.0757. The number of carbonyl (C=O) groups is 2. The molecule has 1 unspecified atom stereocenters. The van der Waals surface area contributed by atoms with E-state index >= 15 is 0 Å². The number of nitrogens with one attached hydrogen (secondary N) is 1.